The van der Waals surface area contributed by atoms with Crippen LogP contribution in [0.5, 0.6) is 0 Å². The number of hydrogen-bond donors (Lipinski definition) is 2. The van der Waals surface area contributed by atoms with Gasteiger partial charge in [-0.15, -0.1) is 0 Å². The van der Waals surface area contributed by atoms with Crippen LogP contribution in [-0.4, -0.2) is 48.3 Å². The van der Waals surface area contributed by atoms with Gasteiger partial charge in [-0.3, -0.25) is 0 Å². The minimum Gasteiger partial charge on any atom is -0.393 e. The number of hydrogen-bond acceptors (Lipinski definition) is 3. The zero-order chi connectivity index (χ0) is 10.7. The van der Waals surface area contributed by atoms with Crippen LogP contribution in [0.1, 0.15) is 32.6 Å². The van der Waals surface area contributed by atoms with Crippen LogP contribution in [0.4, 0.5) is 0 Å². The molecule has 1 unspecified atom stereocenters. The molecule has 0 aromatic carbocycles. The van der Waals surface area contributed by atoms with E-state index in [1.807, 2.05) is 0 Å². The van der Waals surface area contributed by atoms with Gasteiger partial charge in [0.25, 0.3) is 0 Å². The fraction of sp³-hybridized carbons (Fsp3) is 1.00. The van der Waals surface area contributed by atoms with Gasteiger partial charge in [0.15, 0.2) is 0 Å². The lowest BCUT2D eigenvalue weighted by Gasteiger charge is -2.39. The Morgan fingerprint density at radius 1 is 1.13 bits per heavy atom. The van der Waals surface area contributed by atoms with Crippen molar-refractivity contribution < 1.29 is 5.11 Å². The first-order chi connectivity index (χ1) is 7.27. The molecule has 0 aromatic heterocycles. The molecule has 2 heterocycles. The summed E-state index contributed by atoms with van der Waals surface area (Å²) in [4.78, 5) is 2.57. The molecular formula is C12H24N2O. The molecule has 15 heavy (non-hydrogen) atoms. The Morgan fingerprint density at radius 2 is 1.73 bits per heavy atom. The average Bonchev–Trinajstić information content (AvgIpc) is 2.30. The van der Waals surface area contributed by atoms with Crippen molar-refractivity contribution in [3.05, 3.63) is 0 Å². The molecule has 0 spiro atoms. The predicted molar refractivity (Wildman–Crippen MR) is 61.9 cm³/mol. The third-order valence-corrected chi connectivity index (χ3v) is 4.14. The zero-order valence-electron chi connectivity index (χ0n) is 9.78. The Hall–Kier alpha value is -0.120. The number of rotatable bonds is 2. The molecule has 2 aliphatic heterocycles. The molecule has 0 aliphatic carbocycles. The highest BCUT2D eigenvalue weighted by Crippen LogP contribution is 2.23. The molecule has 0 amide bonds. The van der Waals surface area contributed by atoms with Crippen LogP contribution in [0.25, 0.3) is 0 Å². The molecule has 0 bridgehead atoms. The summed E-state index contributed by atoms with van der Waals surface area (Å²) < 4.78 is 0. The highest BCUT2D eigenvalue weighted by Gasteiger charge is 2.27. The fourth-order valence-electron chi connectivity index (χ4n) is 2.92. The van der Waals surface area contributed by atoms with Crippen LogP contribution >= 0.6 is 0 Å². The van der Waals surface area contributed by atoms with Crippen molar-refractivity contribution in [2.45, 2.75) is 44.8 Å². The van der Waals surface area contributed by atoms with Crippen molar-refractivity contribution in [3.8, 4) is 0 Å². The van der Waals surface area contributed by atoms with Gasteiger partial charge in [-0.2, -0.15) is 0 Å². The zero-order valence-corrected chi connectivity index (χ0v) is 9.78. The topological polar surface area (TPSA) is 35.5 Å². The third-order valence-electron chi connectivity index (χ3n) is 4.14. The van der Waals surface area contributed by atoms with Gasteiger partial charge in [-0.05, 0) is 51.6 Å². The Labute approximate surface area is 92.8 Å². The van der Waals surface area contributed by atoms with Crippen molar-refractivity contribution in [2.75, 3.05) is 26.2 Å². The van der Waals surface area contributed by atoms with Gasteiger partial charge in [0.1, 0.15) is 0 Å². The summed E-state index contributed by atoms with van der Waals surface area (Å²) in [6.45, 7) is 6.92. The number of nitrogens with zero attached hydrogens (tertiary/aromatic N) is 1. The van der Waals surface area contributed by atoms with E-state index < -0.39 is 0 Å². The van der Waals surface area contributed by atoms with Crippen molar-refractivity contribution in [3.63, 3.8) is 0 Å². The molecule has 2 N–H and O–H groups in total. The number of aliphatic hydroxyl groups is 1. The smallest absolute Gasteiger partial charge is 0.0564 e. The standard InChI is InChI=1S/C12H24N2O/c1-10(11-2-6-13-7-3-11)14-8-4-12(15)5-9-14/h10-13,15H,2-9H2,1H3. The van der Waals surface area contributed by atoms with E-state index in [0.717, 1.165) is 31.8 Å². The first-order valence-corrected chi connectivity index (χ1v) is 6.40. The molecule has 3 nitrogen and oxygen atoms in total. The Bertz CT molecular complexity index is 184. The van der Waals surface area contributed by atoms with E-state index in [4.69, 9.17) is 0 Å². The highest BCUT2D eigenvalue weighted by atomic mass is 16.3. The van der Waals surface area contributed by atoms with Crippen LogP contribution in [0.3, 0.4) is 0 Å². The summed E-state index contributed by atoms with van der Waals surface area (Å²) in [6, 6.07) is 0.708. The Balaban J connectivity index is 1.81. The van der Waals surface area contributed by atoms with E-state index in [2.05, 4.69) is 17.1 Å². The summed E-state index contributed by atoms with van der Waals surface area (Å²) >= 11 is 0. The molecule has 2 fully saturated rings. The third kappa shape index (κ3) is 2.92. The number of nitrogens with one attached hydrogen (secondary N) is 1. The maximum Gasteiger partial charge on any atom is 0.0564 e. The molecule has 0 radical (unpaired) electrons. The van der Waals surface area contributed by atoms with Gasteiger partial charge in [0.05, 0.1) is 6.10 Å². The largest absolute Gasteiger partial charge is 0.393 e. The SMILES string of the molecule is CC(C1CCNCC1)N1CCC(O)CC1. The summed E-state index contributed by atoms with van der Waals surface area (Å²) in [7, 11) is 0. The molecule has 0 saturated carbocycles. The van der Waals surface area contributed by atoms with Crippen LogP contribution in [0.2, 0.25) is 0 Å². The average molecular weight is 212 g/mol. The Kier molecular flexibility index (Phi) is 4.00. The summed E-state index contributed by atoms with van der Waals surface area (Å²) in [6.07, 6.45) is 4.53. The van der Waals surface area contributed by atoms with Gasteiger partial charge >= 0.3 is 0 Å². The van der Waals surface area contributed by atoms with Gasteiger partial charge in [0.2, 0.25) is 0 Å². The Morgan fingerprint density at radius 3 is 2.33 bits per heavy atom. The van der Waals surface area contributed by atoms with E-state index in [9.17, 15) is 5.11 Å². The van der Waals surface area contributed by atoms with E-state index in [1.54, 1.807) is 0 Å². The summed E-state index contributed by atoms with van der Waals surface area (Å²) in [5.74, 6) is 0.862. The van der Waals surface area contributed by atoms with Crippen molar-refractivity contribution in [1.82, 2.24) is 10.2 Å². The lowest BCUT2D eigenvalue weighted by atomic mass is 9.89. The molecule has 1 atom stereocenters. The summed E-state index contributed by atoms with van der Waals surface area (Å²) in [5.41, 5.74) is 0. The van der Waals surface area contributed by atoms with Gasteiger partial charge < -0.3 is 15.3 Å². The van der Waals surface area contributed by atoms with Crippen LogP contribution in [-0.2, 0) is 0 Å². The number of likely N-dealkylation sites (tertiary alicyclic amines) is 1. The summed E-state index contributed by atoms with van der Waals surface area (Å²) in [5, 5.41) is 12.9. The second-order valence-corrected chi connectivity index (χ2v) is 5.10. The molecular weight excluding hydrogens is 188 g/mol. The van der Waals surface area contributed by atoms with E-state index in [-0.39, 0.29) is 6.10 Å². The van der Waals surface area contributed by atoms with Crippen LogP contribution < -0.4 is 5.32 Å². The van der Waals surface area contributed by atoms with Crippen molar-refractivity contribution in [1.29, 1.82) is 0 Å². The number of piperidine rings is 2. The van der Waals surface area contributed by atoms with E-state index >= 15 is 0 Å². The van der Waals surface area contributed by atoms with Gasteiger partial charge in [-0.25, -0.2) is 0 Å². The first-order valence-electron chi connectivity index (χ1n) is 6.40. The maximum atomic E-state index is 9.48. The van der Waals surface area contributed by atoms with Gasteiger partial charge in [0, 0.05) is 19.1 Å². The fourth-order valence-corrected chi connectivity index (χ4v) is 2.92. The van der Waals surface area contributed by atoms with E-state index in [0.29, 0.717) is 6.04 Å². The minimum absolute atomic E-state index is 0.0403. The normalized spacial score (nSPS) is 29.2. The molecule has 0 aromatic rings. The lowest BCUT2D eigenvalue weighted by Crippen LogP contribution is -2.47. The quantitative estimate of drug-likeness (QED) is 0.712. The van der Waals surface area contributed by atoms with Gasteiger partial charge in [-0.1, -0.05) is 0 Å². The van der Waals surface area contributed by atoms with Crippen LogP contribution in [0.15, 0.2) is 0 Å². The van der Waals surface area contributed by atoms with Crippen LogP contribution in [0, 0.1) is 5.92 Å². The highest BCUT2D eigenvalue weighted by molar-refractivity contribution is 4.82. The number of aliphatic hydroxyl groups excluding tert-OH is 1. The van der Waals surface area contributed by atoms with E-state index in [1.165, 1.54) is 25.9 Å². The predicted octanol–water partition coefficient (Wildman–Crippen LogP) is 0.831. The minimum atomic E-state index is -0.0403. The molecule has 2 saturated heterocycles. The molecule has 3 heteroatoms. The first kappa shape index (κ1) is 11.4. The monoisotopic (exact) mass is 212 g/mol. The maximum absolute atomic E-state index is 9.48. The van der Waals surface area contributed by atoms with Crippen molar-refractivity contribution >= 4 is 0 Å². The molecule has 2 aliphatic rings. The molecule has 88 valence electrons. The second-order valence-electron chi connectivity index (χ2n) is 5.10. The van der Waals surface area contributed by atoms with Crippen molar-refractivity contribution in [2.24, 2.45) is 5.92 Å². The second kappa shape index (κ2) is 5.28. The molecule has 2 rings (SSSR count). The lowest BCUT2D eigenvalue weighted by molar-refractivity contribution is 0.0440.